The van der Waals surface area contributed by atoms with Gasteiger partial charge in [-0.25, -0.2) is 0 Å². The maximum absolute atomic E-state index is 2.43. The molecular weight excluding hydrogens is 725 g/mol. The van der Waals surface area contributed by atoms with Gasteiger partial charge >= 0.3 is 0 Å². The van der Waals surface area contributed by atoms with Gasteiger partial charge in [-0.15, -0.1) is 0 Å². The van der Waals surface area contributed by atoms with Gasteiger partial charge in [-0.1, -0.05) is 176 Å². The number of hydrogen-bond acceptors (Lipinski definition) is 1. The summed E-state index contributed by atoms with van der Waals surface area (Å²) in [7, 11) is 0. The second-order valence-corrected chi connectivity index (χ2v) is 15.7. The summed E-state index contributed by atoms with van der Waals surface area (Å²) in [6.45, 7) is 0. The van der Waals surface area contributed by atoms with Crippen molar-refractivity contribution in [2.24, 2.45) is 0 Å². The Balaban J connectivity index is 1.03. The van der Waals surface area contributed by atoms with E-state index in [9.17, 15) is 0 Å². The molecule has 60 heavy (non-hydrogen) atoms. The number of hydrogen-bond donors (Lipinski definition) is 0. The van der Waals surface area contributed by atoms with Crippen LogP contribution in [-0.2, 0) is 0 Å². The first-order valence-corrected chi connectivity index (χ1v) is 20.7. The third-order valence-electron chi connectivity index (χ3n) is 12.4. The number of anilines is 3. The van der Waals surface area contributed by atoms with Gasteiger partial charge in [0.2, 0.25) is 0 Å². The van der Waals surface area contributed by atoms with Gasteiger partial charge in [-0.3, -0.25) is 0 Å². The minimum atomic E-state index is 1.10. The lowest BCUT2D eigenvalue weighted by Crippen LogP contribution is -2.10. The number of rotatable bonds is 6. The highest BCUT2D eigenvalue weighted by molar-refractivity contribution is 6.14. The smallest absolute Gasteiger partial charge is 0.0547 e. The SMILES string of the molecule is c1ccc(-n2c3ccccc3c3ccc(-c4cccc(N(c5ccc(-c6cccc7c6ccc6ccccc67)cc5)c5cccc6c5ccc5ccccc56)c4)cc32)cc1. The minimum Gasteiger partial charge on any atom is -0.310 e. The van der Waals surface area contributed by atoms with Crippen LogP contribution in [0.2, 0.25) is 0 Å². The second kappa shape index (κ2) is 13.9. The van der Waals surface area contributed by atoms with Crippen LogP contribution in [0.5, 0.6) is 0 Å². The van der Waals surface area contributed by atoms with Gasteiger partial charge in [0.05, 0.1) is 16.7 Å². The Morgan fingerprint density at radius 2 is 0.850 bits per heavy atom. The van der Waals surface area contributed by atoms with Crippen LogP contribution >= 0.6 is 0 Å². The van der Waals surface area contributed by atoms with Crippen molar-refractivity contribution in [2.45, 2.75) is 0 Å². The Kier molecular flexibility index (Phi) is 7.89. The van der Waals surface area contributed by atoms with Crippen molar-refractivity contribution < 1.29 is 0 Å². The fraction of sp³-hybridized carbons (Fsp3) is 0. The first-order chi connectivity index (χ1) is 29.8. The molecule has 0 atom stereocenters. The van der Waals surface area contributed by atoms with Crippen molar-refractivity contribution in [1.29, 1.82) is 0 Å². The fourth-order valence-corrected chi connectivity index (χ4v) is 9.56. The number of fused-ring (bicyclic) bond motifs is 9. The average molecular weight is 763 g/mol. The topological polar surface area (TPSA) is 8.17 Å². The number of nitrogens with zero attached hydrogens (tertiary/aromatic N) is 2. The Morgan fingerprint density at radius 1 is 0.283 bits per heavy atom. The van der Waals surface area contributed by atoms with Gasteiger partial charge in [0.15, 0.2) is 0 Å². The van der Waals surface area contributed by atoms with E-state index >= 15 is 0 Å². The Morgan fingerprint density at radius 3 is 1.63 bits per heavy atom. The molecule has 0 amide bonds. The maximum atomic E-state index is 2.43. The first-order valence-electron chi connectivity index (χ1n) is 20.7. The average Bonchev–Trinajstić information content (AvgIpc) is 3.66. The van der Waals surface area contributed by atoms with E-state index in [0.29, 0.717) is 0 Å². The molecule has 1 aromatic heterocycles. The first kappa shape index (κ1) is 34.1. The predicted octanol–water partition coefficient (Wildman–Crippen LogP) is 16.2. The van der Waals surface area contributed by atoms with Crippen molar-refractivity contribution in [3.05, 3.63) is 231 Å². The molecule has 12 aromatic rings. The lowest BCUT2D eigenvalue weighted by Gasteiger charge is -2.28. The summed E-state index contributed by atoms with van der Waals surface area (Å²) in [5, 5.41) is 12.5. The molecule has 1 heterocycles. The number of aromatic nitrogens is 1. The minimum absolute atomic E-state index is 1.10. The zero-order valence-electron chi connectivity index (χ0n) is 32.8. The quantitative estimate of drug-likeness (QED) is 0.153. The molecule has 12 rings (SSSR count). The van der Waals surface area contributed by atoms with E-state index in [-0.39, 0.29) is 0 Å². The van der Waals surface area contributed by atoms with Gasteiger partial charge in [-0.05, 0) is 115 Å². The van der Waals surface area contributed by atoms with Gasteiger partial charge < -0.3 is 9.47 Å². The van der Waals surface area contributed by atoms with Crippen LogP contribution in [0, 0.1) is 0 Å². The normalized spacial score (nSPS) is 11.7. The molecule has 11 aromatic carbocycles. The van der Waals surface area contributed by atoms with Gasteiger partial charge in [0, 0.05) is 33.2 Å². The van der Waals surface area contributed by atoms with Crippen molar-refractivity contribution in [3.63, 3.8) is 0 Å². The van der Waals surface area contributed by atoms with Crippen molar-refractivity contribution in [1.82, 2.24) is 4.57 Å². The highest BCUT2D eigenvalue weighted by atomic mass is 15.1. The predicted molar refractivity (Wildman–Crippen MR) is 256 cm³/mol. The van der Waals surface area contributed by atoms with Crippen LogP contribution in [0.4, 0.5) is 17.1 Å². The third-order valence-corrected chi connectivity index (χ3v) is 12.4. The Hall–Kier alpha value is -7.94. The molecule has 0 saturated carbocycles. The summed E-state index contributed by atoms with van der Waals surface area (Å²) in [4.78, 5) is 2.43. The van der Waals surface area contributed by atoms with Crippen molar-refractivity contribution in [2.75, 3.05) is 4.90 Å². The number of benzene rings is 11. The van der Waals surface area contributed by atoms with Crippen LogP contribution in [0.15, 0.2) is 231 Å². The van der Waals surface area contributed by atoms with E-state index in [4.69, 9.17) is 0 Å². The second-order valence-electron chi connectivity index (χ2n) is 15.7. The van der Waals surface area contributed by atoms with E-state index in [0.717, 1.165) is 28.3 Å². The molecule has 0 N–H and O–H groups in total. The van der Waals surface area contributed by atoms with Crippen LogP contribution in [0.25, 0.3) is 92.8 Å². The Bertz CT molecular complexity index is 3600. The Labute approximate surface area is 348 Å². The largest absolute Gasteiger partial charge is 0.310 e. The molecule has 0 fully saturated rings. The lowest BCUT2D eigenvalue weighted by molar-refractivity contribution is 1.18. The molecule has 280 valence electrons. The highest BCUT2D eigenvalue weighted by Gasteiger charge is 2.19. The molecule has 0 aliphatic heterocycles. The van der Waals surface area contributed by atoms with Gasteiger partial charge in [0.1, 0.15) is 0 Å². The lowest BCUT2D eigenvalue weighted by atomic mass is 9.94. The molecule has 2 heteroatoms. The molecule has 0 spiro atoms. The van der Waals surface area contributed by atoms with Crippen LogP contribution in [-0.4, -0.2) is 4.57 Å². The zero-order chi connectivity index (χ0) is 39.6. The van der Waals surface area contributed by atoms with E-state index in [1.165, 1.54) is 81.6 Å². The molecule has 0 aliphatic rings. The van der Waals surface area contributed by atoms with Crippen LogP contribution < -0.4 is 4.90 Å². The molecule has 2 nitrogen and oxygen atoms in total. The number of para-hydroxylation sites is 2. The molecular formula is C58H38N2. The van der Waals surface area contributed by atoms with Crippen molar-refractivity contribution >= 4 is 82.0 Å². The summed E-state index contributed by atoms with van der Waals surface area (Å²) < 4.78 is 2.39. The third kappa shape index (κ3) is 5.50. The van der Waals surface area contributed by atoms with E-state index in [2.05, 4.69) is 240 Å². The van der Waals surface area contributed by atoms with E-state index in [1.807, 2.05) is 0 Å². The van der Waals surface area contributed by atoms with Crippen molar-refractivity contribution in [3.8, 4) is 27.9 Å². The maximum Gasteiger partial charge on any atom is 0.0547 e. The monoisotopic (exact) mass is 762 g/mol. The fourth-order valence-electron chi connectivity index (χ4n) is 9.56. The molecule has 0 radical (unpaired) electrons. The van der Waals surface area contributed by atoms with E-state index in [1.54, 1.807) is 0 Å². The van der Waals surface area contributed by atoms with Crippen LogP contribution in [0.1, 0.15) is 0 Å². The summed E-state index contributed by atoms with van der Waals surface area (Å²) >= 11 is 0. The molecule has 0 aliphatic carbocycles. The molecule has 0 unspecified atom stereocenters. The highest BCUT2D eigenvalue weighted by Crippen LogP contribution is 2.43. The van der Waals surface area contributed by atoms with Crippen LogP contribution in [0.3, 0.4) is 0 Å². The van der Waals surface area contributed by atoms with Gasteiger partial charge in [0.25, 0.3) is 0 Å². The summed E-state index contributed by atoms with van der Waals surface area (Å²) in [6.07, 6.45) is 0. The molecule has 0 bridgehead atoms. The molecule has 0 saturated heterocycles. The van der Waals surface area contributed by atoms with E-state index < -0.39 is 0 Å². The zero-order valence-corrected chi connectivity index (χ0v) is 32.8. The summed E-state index contributed by atoms with van der Waals surface area (Å²) in [6, 6.07) is 84.3. The summed E-state index contributed by atoms with van der Waals surface area (Å²) in [5.74, 6) is 0. The van der Waals surface area contributed by atoms with Gasteiger partial charge in [-0.2, -0.15) is 0 Å². The summed E-state index contributed by atoms with van der Waals surface area (Å²) in [5.41, 5.74) is 11.7. The standard InChI is InChI=1S/C58H38N2/c1-2-16-44(17-3-1)60-57-25-9-8-21-53(57)55-36-31-43(38-58(55)60)42-15-10-18-46(37-42)59(56-26-12-24-51-48-20-7-5-14-40(48)30-35-54(51)56)45-32-27-41(28-33-45)49-22-11-23-50-47-19-6-4-13-39(47)29-34-52(49)50/h1-38H.